The number of benzene rings is 2. The van der Waals surface area contributed by atoms with Gasteiger partial charge in [0.2, 0.25) is 0 Å². The number of ether oxygens (including phenoxy) is 1. The molecule has 0 spiro atoms. The fourth-order valence-corrected chi connectivity index (χ4v) is 2.56. The van der Waals surface area contributed by atoms with E-state index in [9.17, 15) is 18.8 Å². The minimum absolute atomic E-state index is 0.243. The lowest BCUT2D eigenvalue weighted by Crippen LogP contribution is -2.42. The van der Waals surface area contributed by atoms with Gasteiger partial charge in [-0.3, -0.25) is 19.3 Å². The van der Waals surface area contributed by atoms with Gasteiger partial charge in [-0.2, -0.15) is 0 Å². The van der Waals surface area contributed by atoms with Gasteiger partial charge in [0, 0.05) is 12.7 Å². The standard InChI is InChI=1S/C19H17FN2O4/c1-19(2,26-13-7-4-11(20)5-8-13)18(25)21-12-6-9-14-15(10-12)17(24)22(3)16(14)23/h4-10H,1-3H3,(H,21,25). The largest absolute Gasteiger partial charge is 0.478 e. The number of halogens is 1. The molecule has 3 amide bonds. The highest BCUT2D eigenvalue weighted by atomic mass is 19.1. The van der Waals surface area contributed by atoms with E-state index >= 15 is 0 Å². The van der Waals surface area contributed by atoms with Crippen molar-refractivity contribution in [1.29, 1.82) is 0 Å². The van der Waals surface area contributed by atoms with Crippen LogP contribution in [-0.2, 0) is 4.79 Å². The maximum atomic E-state index is 13.0. The summed E-state index contributed by atoms with van der Waals surface area (Å²) in [5.41, 5.74) is -0.321. The molecule has 7 heteroatoms. The van der Waals surface area contributed by atoms with Crippen molar-refractivity contribution in [3.8, 4) is 5.75 Å². The lowest BCUT2D eigenvalue weighted by Gasteiger charge is -2.25. The van der Waals surface area contributed by atoms with Crippen LogP contribution >= 0.6 is 0 Å². The second kappa shape index (κ2) is 6.25. The Hall–Kier alpha value is -3.22. The van der Waals surface area contributed by atoms with Crippen LogP contribution in [0.2, 0.25) is 0 Å². The van der Waals surface area contributed by atoms with Gasteiger partial charge in [0.05, 0.1) is 11.1 Å². The first-order chi connectivity index (χ1) is 12.2. The van der Waals surface area contributed by atoms with Crippen molar-refractivity contribution in [1.82, 2.24) is 4.90 Å². The molecule has 1 aliphatic rings. The molecule has 2 aromatic carbocycles. The average molecular weight is 356 g/mol. The van der Waals surface area contributed by atoms with Gasteiger partial charge >= 0.3 is 0 Å². The molecule has 1 heterocycles. The molecule has 0 fully saturated rings. The Morgan fingerprint density at radius 3 is 2.31 bits per heavy atom. The number of carbonyl (C=O) groups is 3. The summed E-state index contributed by atoms with van der Waals surface area (Å²) in [4.78, 5) is 37.5. The van der Waals surface area contributed by atoms with E-state index in [0.29, 0.717) is 17.0 Å². The summed E-state index contributed by atoms with van der Waals surface area (Å²) in [6.07, 6.45) is 0. The second-order valence-corrected chi connectivity index (χ2v) is 6.45. The van der Waals surface area contributed by atoms with Crippen molar-refractivity contribution in [3.05, 3.63) is 59.4 Å². The molecule has 0 bridgehead atoms. The van der Waals surface area contributed by atoms with Crippen molar-refractivity contribution >= 4 is 23.4 Å². The number of amides is 3. The lowest BCUT2D eigenvalue weighted by molar-refractivity contribution is -0.128. The van der Waals surface area contributed by atoms with Crippen molar-refractivity contribution in [2.45, 2.75) is 19.4 Å². The van der Waals surface area contributed by atoms with Crippen LogP contribution < -0.4 is 10.1 Å². The first-order valence-electron chi connectivity index (χ1n) is 7.91. The van der Waals surface area contributed by atoms with Crippen LogP contribution in [0.4, 0.5) is 10.1 Å². The Morgan fingerprint density at radius 2 is 1.65 bits per heavy atom. The Bertz CT molecular complexity index is 906. The summed E-state index contributed by atoms with van der Waals surface area (Å²) in [6, 6.07) is 9.86. The van der Waals surface area contributed by atoms with Gasteiger partial charge in [-0.15, -0.1) is 0 Å². The smallest absolute Gasteiger partial charge is 0.267 e. The highest BCUT2D eigenvalue weighted by Gasteiger charge is 2.34. The Labute approximate surface area is 149 Å². The van der Waals surface area contributed by atoms with E-state index in [0.717, 1.165) is 4.90 Å². The minimum Gasteiger partial charge on any atom is -0.478 e. The quantitative estimate of drug-likeness (QED) is 0.855. The van der Waals surface area contributed by atoms with Crippen LogP contribution in [0.3, 0.4) is 0 Å². The number of rotatable bonds is 4. The maximum absolute atomic E-state index is 13.0. The third-order valence-electron chi connectivity index (χ3n) is 4.08. The molecule has 0 saturated heterocycles. The zero-order chi connectivity index (χ0) is 19.1. The number of hydrogen-bond acceptors (Lipinski definition) is 4. The topological polar surface area (TPSA) is 75.7 Å². The number of hydrogen-bond donors (Lipinski definition) is 1. The molecule has 26 heavy (non-hydrogen) atoms. The van der Waals surface area contributed by atoms with Crippen molar-refractivity contribution in [2.24, 2.45) is 0 Å². The third-order valence-corrected chi connectivity index (χ3v) is 4.08. The normalized spacial score (nSPS) is 13.6. The van der Waals surface area contributed by atoms with Crippen LogP contribution in [-0.4, -0.2) is 35.3 Å². The molecule has 0 aromatic heterocycles. The first kappa shape index (κ1) is 17.6. The van der Waals surface area contributed by atoms with Crippen LogP contribution in [0.5, 0.6) is 5.75 Å². The van der Waals surface area contributed by atoms with Gasteiger partial charge in [0.1, 0.15) is 11.6 Å². The monoisotopic (exact) mass is 356 g/mol. The molecule has 0 atom stereocenters. The third kappa shape index (κ3) is 3.15. The molecule has 2 aromatic rings. The zero-order valence-electron chi connectivity index (χ0n) is 14.5. The summed E-state index contributed by atoms with van der Waals surface area (Å²) in [7, 11) is 1.41. The minimum atomic E-state index is -1.24. The predicted molar refractivity (Wildman–Crippen MR) is 92.6 cm³/mol. The molecular formula is C19H17FN2O4. The molecule has 1 N–H and O–H groups in total. The summed E-state index contributed by atoms with van der Waals surface area (Å²) in [5.74, 6) is -1.29. The van der Waals surface area contributed by atoms with Gasteiger partial charge in [-0.25, -0.2) is 4.39 Å². The first-order valence-corrected chi connectivity index (χ1v) is 7.91. The maximum Gasteiger partial charge on any atom is 0.267 e. The van der Waals surface area contributed by atoms with E-state index in [1.165, 1.54) is 43.4 Å². The van der Waals surface area contributed by atoms with Gasteiger partial charge in [0.25, 0.3) is 17.7 Å². The lowest BCUT2D eigenvalue weighted by atomic mass is 10.1. The number of fused-ring (bicyclic) bond motifs is 1. The Kier molecular flexibility index (Phi) is 4.23. The Balaban J connectivity index is 1.76. The van der Waals surface area contributed by atoms with E-state index in [1.807, 2.05) is 0 Å². The summed E-state index contributed by atoms with van der Waals surface area (Å²) in [6.45, 7) is 3.14. The summed E-state index contributed by atoms with van der Waals surface area (Å²) < 4.78 is 18.6. The van der Waals surface area contributed by atoms with Gasteiger partial charge in [-0.05, 0) is 56.3 Å². The number of anilines is 1. The van der Waals surface area contributed by atoms with Crippen LogP contribution in [0.15, 0.2) is 42.5 Å². The highest BCUT2D eigenvalue weighted by molar-refractivity contribution is 6.21. The number of nitrogens with one attached hydrogen (secondary N) is 1. The fourth-order valence-electron chi connectivity index (χ4n) is 2.56. The Morgan fingerprint density at radius 1 is 1.04 bits per heavy atom. The van der Waals surface area contributed by atoms with E-state index < -0.39 is 23.2 Å². The molecular weight excluding hydrogens is 339 g/mol. The van der Waals surface area contributed by atoms with Crippen molar-refractivity contribution in [3.63, 3.8) is 0 Å². The summed E-state index contributed by atoms with van der Waals surface area (Å²) >= 11 is 0. The van der Waals surface area contributed by atoms with Gasteiger partial charge < -0.3 is 10.1 Å². The molecule has 0 aliphatic carbocycles. The van der Waals surface area contributed by atoms with Crippen LogP contribution in [0, 0.1) is 5.82 Å². The SMILES string of the molecule is CN1C(=O)c2ccc(NC(=O)C(C)(C)Oc3ccc(F)cc3)cc2C1=O. The van der Waals surface area contributed by atoms with Gasteiger partial charge in [0.15, 0.2) is 5.60 Å². The van der Waals surface area contributed by atoms with E-state index in [2.05, 4.69) is 5.32 Å². The van der Waals surface area contributed by atoms with E-state index in [-0.39, 0.29) is 11.5 Å². The fraction of sp³-hybridized carbons (Fsp3) is 0.211. The number of imide groups is 1. The predicted octanol–water partition coefficient (Wildman–Crippen LogP) is 2.85. The zero-order valence-corrected chi connectivity index (χ0v) is 14.5. The van der Waals surface area contributed by atoms with Crippen LogP contribution in [0.25, 0.3) is 0 Å². The van der Waals surface area contributed by atoms with Gasteiger partial charge in [-0.1, -0.05) is 0 Å². The molecule has 6 nitrogen and oxygen atoms in total. The molecule has 134 valence electrons. The number of carbonyl (C=O) groups excluding carboxylic acids is 3. The molecule has 0 saturated carbocycles. The number of nitrogens with zero attached hydrogens (tertiary/aromatic N) is 1. The van der Waals surface area contributed by atoms with Crippen molar-refractivity contribution < 1.29 is 23.5 Å². The molecule has 3 rings (SSSR count). The molecule has 0 unspecified atom stereocenters. The molecule has 1 aliphatic heterocycles. The summed E-state index contributed by atoms with van der Waals surface area (Å²) in [5, 5.41) is 2.67. The van der Waals surface area contributed by atoms with E-state index in [4.69, 9.17) is 4.74 Å². The molecule has 0 radical (unpaired) electrons. The average Bonchev–Trinajstić information content (AvgIpc) is 2.81. The van der Waals surface area contributed by atoms with Crippen molar-refractivity contribution in [2.75, 3.05) is 12.4 Å². The highest BCUT2D eigenvalue weighted by Crippen LogP contribution is 2.26. The second-order valence-electron chi connectivity index (χ2n) is 6.45. The van der Waals surface area contributed by atoms with E-state index in [1.54, 1.807) is 19.9 Å². The van der Waals surface area contributed by atoms with Crippen LogP contribution in [0.1, 0.15) is 34.6 Å².